The Labute approximate surface area is 118 Å². The van der Waals surface area contributed by atoms with Crippen molar-refractivity contribution in [1.82, 2.24) is 0 Å². The van der Waals surface area contributed by atoms with Crippen molar-refractivity contribution in [2.24, 2.45) is 35.5 Å². The lowest BCUT2D eigenvalue weighted by atomic mass is 9.86. The zero-order valence-electron chi connectivity index (χ0n) is 10.0. The average Bonchev–Trinajstić information content (AvgIpc) is 3.04. The fourth-order valence-electron chi connectivity index (χ4n) is 3.96. The van der Waals surface area contributed by atoms with Gasteiger partial charge in [0.1, 0.15) is 3.78 Å². The van der Waals surface area contributed by atoms with Crippen molar-refractivity contribution >= 4 is 38.6 Å². The van der Waals surface area contributed by atoms with Gasteiger partial charge in [0, 0.05) is 5.92 Å². The lowest BCUT2D eigenvalue weighted by Gasteiger charge is -2.29. The van der Waals surface area contributed by atoms with Gasteiger partial charge in [-0.05, 0) is 50.4 Å². The van der Waals surface area contributed by atoms with Crippen LogP contribution in [0.25, 0.3) is 0 Å². The molecule has 0 saturated heterocycles. The lowest BCUT2D eigenvalue weighted by Crippen LogP contribution is -2.36. The number of hydrogen-bond donors (Lipinski definition) is 0. The summed E-state index contributed by atoms with van der Waals surface area (Å²) in [7, 11) is 0. The van der Waals surface area contributed by atoms with Gasteiger partial charge in [0.15, 0.2) is 11.1 Å². The summed E-state index contributed by atoms with van der Waals surface area (Å²) in [4.78, 5) is 0. The summed E-state index contributed by atoms with van der Waals surface area (Å²) >= 11 is 8.88. The summed E-state index contributed by atoms with van der Waals surface area (Å²) < 4.78 is 17.4. The number of alkyl halides is 2. The summed E-state index contributed by atoms with van der Waals surface area (Å²) in [6, 6.07) is 0. The summed E-state index contributed by atoms with van der Waals surface area (Å²) in [6.45, 7) is 5.86. The Balaban J connectivity index is 1.54. The lowest BCUT2D eigenvalue weighted by molar-refractivity contribution is 0.0927. The van der Waals surface area contributed by atoms with Crippen molar-refractivity contribution in [3.05, 3.63) is 0 Å². The van der Waals surface area contributed by atoms with Crippen LogP contribution in [0.1, 0.15) is 20.8 Å². The molecule has 0 radical (unpaired) electrons. The van der Waals surface area contributed by atoms with E-state index >= 15 is 0 Å². The highest BCUT2D eigenvalue weighted by Gasteiger charge is 2.92. The SMILES string of the molecule is CC(C)(C)S(=O)OC1C2C3C2C3C2C1C2(Cl)Br. The van der Waals surface area contributed by atoms with E-state index in [0.29, 0.717) is 17.8 Å². The maximum atomic E-state index is 12.1. The van der Waals surface area contributed by atoms with Gasteiger partial charge in [-0.15, -0.1) is 11.6 Å². The van der Waals surface area contributed by atoms with Crippen LogP contribution in [0.2, 0.25) is 0 Å². The van der Waals surface area contributed by atoms with Crippen molar-refractivity contribution in [2.75, 3.05) is 0 Å². The van der Waals surface area contributed by atoms with Crippen molar-refractivity contribution < 1.29 is 8.39 Å². The Morgan fingerprint density at radius 2 is 1.76 bits per heavy atom. The first-order valence-electron chi connectivity index (χ1n) is 6.23. The summed E-state index contributed by atoms with van der Waals surface area (Å²) in [5, 5.41) is 0. The van der Waals surface area contributed by atoms with Gasteiger partial charge < -0.3 is 0 Å². The zero-order chi connectivity index (χ0) is 12.3. The van der Waals surface area contributed by atoms with Gasteiger partial charge >= 0.3 is 0 Å². The van der Waals surface area contributed by atoms with E-state index in [4.69, 9.17) is 15.8 Å². The number of fused-ring (bicyclic) bond motifs is 4. The quantitative estimate of drug-likeness (QED) is 0.723. The minimum atomic E-state index is -1.22. The fraction of sp³-hybridized carbons (Fsp3) is 1.00. The maximum absolute atomic E-state index is 12.1. The van der Waals surface area contributed by atoms with E-state index in [1.54, 1.807) is 0 Å². The number of halogens is 2. The molecule has 0 aliphatic heterocycles. The van der Waals surface area contributed by atoms with E-state index in [-0.39, 0.29) is 14.6 Å². The fourth-order valence-corrected chi connectivity index (χ4v) is 6.18. The van der Waals surface area contributed by atoms with Crippen LogP contribution in [-0.2, 0) is 15.3 Å². The van der Waals surface area contributed by atoms with E-state index in [1.807, 2.05) is 20.8 Å². The van der Waals surface area contributed by atoms with E-state index in [2.05, 4.69) is 15.9 Å². The van der Waals surface area contributed by atoms with Gasteiger partial charge in [0.05, 0.1) is 10.9 Å². The molecule has 4 aliphatic carbocycles. The Kier molecular flexibility index (Phi) is 2.04. The molecule has 96 valence electrons. The first-order valence-corrected chi connectivity index (χ1v) is 8.47. The second-order valence-electron chi connectivity index (χ2n) is 6.94. The molecule has 0 spiro atoms. The molecule has 7 unspecified atom stereocenters. The Hall–Kier alpha value is 0.880. The van der Waals surface area contributed by atoms with Crippen LogP contribution in [-0.4, -0.2) is 18.8 Å². The average molecular weight is 340 g/mol. The molecule has 0 aromatic heterocycles. The molecule has 0 amide bonds. The smallest absolute Gasteiger partial charge is 0.161 e. The molecule has 0 N–H and O–H groups in total. The summed E-state index contributed by atoms with van der Waals surface area (Å²) in [5.74, 6) is 4.13. The zero-order valence-corrected chi connectivity index (χ0v) is 13.2. The molecular formula is C12H16BrClO2S. The van der Waals surface area contributed by atoms with Crippen LogP contribution >= 0.6 is 27.5 Å². The molecule has 4 saturated carbocycles. The first kappa shape index (κ1) is 11.7. The molecule has 7 atom stereocenters. The van der Waals surface area contributed by atoms with E-state index < -0.39 is 11.1 Å². The molecule has 0 aromatic rings. The molecule has 0 heterocycles. The highest BCUT2D eigenvalue weighted by atomic mass is 79.9. The topological polar surface area (TPSA) is 26.3 Å². The molecule has 0 bridgehead atoms. The van der Waals surface area contributed by atoms with E-state index in [9.17, 15) is 4.21 Å². The molecule has 5 heteroatoms. The van der Waals surface area contributed by atoms with Crippen LogP contribution in [0.15, 0.2) is 0 Å². The Morgan fingerprint density at radius 3 is 2.29 bits per heavy atom. The monoisotopic (exact) mass is 338 g/mol. The van der Waals surface area contributed by atoms with E-state index in [1.165, 1.54) is 0 Å². The number of hydrogen-bond acceptors (Lipinski definition) is 2. The van der Waals surface area contributed by atoms with Crippen LogP contribution in [0.3, 0.4) is 0 Å². The van der Waals surface area contributed by atoms with Crippen LogP contribution in [0.5, 0.6) is 0 Å². The molecule has 2 nitrogen and oxygen atoms in total. The second-order valence-corrected chi connectivity index (χ2v) is 11.2. The predicted octanol–water partition coefficient (Wildman–Crippen LogP) is 2.92. The van der Waals surface area contributed by atoms with Crippen LogP contribution in [0, 0.1) is 35.5 Å². The highest BCUT2D eigenvalue weighted by molar-refractivity contribution is 9.10. The number of rotatable bonds is 2. The van der Waals surface area contributed by atoms with Crippen molar-refractivity contribution in [3.8, 4) is 0 Å². The van der Waals surface area contributed by atoms with E-state index in [0.717, 1.165) is 17.8 Å². The Morgan fingerprint density at radius 1 is 1.18 bits per heavy atom. The van der Waals surface area contributed by atoms with Crippen LogP contribution in [0.4, 0.5) is 0 Å². The molecule has 4 aliphatic rings. The van der Waals surface area contributed by atoms with Gasteiger partial charge in [-0.1, -0.05) is 15.9 Å². The molecule has 4 rings (SSSR count). The van der Waals surface area contributed by atoms with Crippen molar-refractivity contribution in [2.45, 2.75) is 35.4 Å². The second kappa shape index (κ2) is 2.97. The molecular weight excluding hydrogens is 324 g/mol. The summed E-state index contributed by atoms with van der Waals surface area (Å²) in [5.41, 5.74) is 0. The third kappa shape index (κ3) is 1.34. The summed E-state index contributed by atoms with van der Waals surface area (Å²) in [6.07, 6.45) is 0.122. The minimum absolute atomic E-state index is 0.122. The third-order valence-electron chi connectivity index (χ3n) is 4.95. The van der Waals surface area contributed by atoms with Crippen molar-refractivity contribution in [3.63, 3.8) is 0 Å². The van der Waals surface area contributed by atoms with Crippen LogP contribution < -0.4 is 0 Å². The molecule has 17 heavy (non-hydrogen) atoms. The first-order chi connectivity index (χ1) is 7.76. The largest absolute Gasteiger partial charge is 0.286 e. The van der Waals surface area contributed by atoms with Gasteiger partial charge in [0.25, 0.3) is 0 Å². The maximum Gasteiger partial charge on any atom is 0.161 e. The van der Waals surface area contributed by atoms with Gasteiger partial charge in [0.2, 0.25) is 0 Å². The highest BCUT2D eigenvalue weighted by Crippen LogP contribution is 2.90. The van der Waals surface area contributed by atoms with Crippen molar-refractivity contribution in [1.29, 1.82) is 0 Å². The Bertz CT molecular complexity index is 423. The van der Waals surface area contributed by atoms with Gasteiger partial charge in [-0.25, -0.2) is 4.21 Å². The van der Waals surface area contributed by atoms with Gasteiger partial charge in [-0.2, -0.15) is 0 Å². The predicted molar refractivity (Wildman–Crippen MR) is 71.2 cm³/mol. The minimum Gasteiger partial charge on any atom is -0.286 e. The normalized spacial score (nSPS) is 63.5. The van der Waals surface area contributed by atoms with Gasteiger partial charge in [-0.3, -0.25) is 4.18 Å². The standard InChI is InChI=1S/C12H16BrClO2S/c1-11(2,3)17(15)16-10-7-4-5(7)6(4)8-9(10)12(8,13)14/h4-10H,1-3H3. The molecule has 0 aromatic carbocycles. The third-order valence-corrected chi connectivity index (χ3v) is 7.91. The molecule has 4 fully saturated rings.